The number of aromatic nitrogens is 2. The highest BCUT2D eigenvalue weighted by Crippen LogP contribution is 2.34. The Kier molecular flexibility index (Phi) is 3.87. The molecular formula is C14H25N3. The molecule has 1 heterocycles. The van der Waals surface area contributed by atoms with Gasteiger partial charge in [-0.3, -0.25) is 4.68 Å². The van der Waals surface area contributed by atoms with Crippen LogP contribution in [-0.2, 0) is 13.5 Å². The number of hydrogen-bond acceptors (Lipinski definition) is 2. The summed E-state index contributed by atoms with van der Waals surface area (Å²) in [5, 5.41) is 8.14. The van der Waals surface area contributed by atoms with Crippen molar-refractivity contribution in [3.63, 3.8) is 0 Å². The molecule has 1 unspecified atom stereocenters. The predicted molar refractivity (Wildman–Crippen MR) is 71.2 cm³/mol. The smallest absolute Gasteiger partial charge is 0.0628 e. The molecule has 0 saturated heterocycles. The van der Waals surface area contributed by atoms with Crippen LogP contribution in [0.3, 0.4) is 0 Å². The predicted octanol–water partition coefficient (Wildman–Crippen LogP) is 2.36. The van der Waals surface area contributed by atoms with Crippen LogP contribution in [0.5, 0.6) is 0 Å². The molecule has 1 aromatic heterocycles. The van der Waals surface area contributed by atoms with E-state index in [1.807, 2.05) is 11.7 Å². The maximum Gasteiger partial charge on any atom is 0.0628 e. The summed E-state index contributed by atoms with van der Waals surface area (Å²) in [6, 6.07) is 0.633. The average molecular weight is 235 g/mol. The molecule has 0 bridgehead atoms. The lowest BCUT2D eigenvalue weighted by molar-refractivity contribution is 0.464. The fourth-order valence-electron chi connectivity index (χ4n) is 2.64. The third-order valence-corrected chi connectivity index (χ3v) is 3.92. The van der Waals surface area contributed by atoms with Crippen LogP contribution in [-0.4, -0.2) is 22.4 Å². The molecule has 1 fully saturated rings. The Morgan fingerprint density at radius 3 is 2.59 bits per heavy atom. The molecule has 2 rings (SSSR count). The summed E-state index contributed by atoms with van der Waals surface area (Å²) in [5.41, 5.74) is 3.96. The SMILES string of the molecule is CCNC(Cc1c(C)nn(C)c1C)CC1CC1. The van der Waals surface area contributed by atoms with Gasteiger partial charge in [-0.05, 0) is 44.7 Å². The minimum Gasteiger partial charge on any atom is -0.314 e. The van der Waals surface area contributed by atoms with Gasteiger partial charge < -0.3 is 5.32 Å². The van der Waals surface area contributed by atoms with Gasteiger partial charge in [0.1, 0.15) is 0 Å². The van der Waals surface area contributed by atoms with Crippen LogP contribution in [0.1, 0.15) is 43.1 Å². The van der Waals surface area contributed by atoms with Crippen LogP contribution in [0, 0.1) is 19.8 Å². The first-order chi connectivity index (χ1) is 8.11. The van der Waals surface area contributed by atoms with E-state index in [9.17, 15) is 0 Å². The Hall–Kier alpha value is -0.830. The van der Waals surface area contributed by atoms with Gasteiger partial charge in [-0.15, -0.1) is 0 Å². The van der Waals surface area contributed by atoms with Gasteiger partial charge in [0.2, 0.25) is 0 Å². The number of aryl methyl sites for hydroxylation is 2. The summed E-state index contributed by atoms with van der Waals surface area (Å²) >= 11 is 0. The number of hydrogen-bond donors (Lipinski definition) is 1. The second-order valence-corrected chi connectivity index (χ2v) is 5.41. The first kappa shape index (κ1) is 12.6. The molecule has 0 amide bonds. The van der Waals surface area contributed by atoms with Gasteiger partial charge in [-0.25, -0.2) is 0 Å². The highest BCUT2D eigenvalue weighted by atomic mass is 15.3. The number of nitrogens with zero attached hydrogens (tertiary/aromatic N) is 2. The van der Waals surface area contributed by atoms with Gasteiger partial charge in [0.25, 0.3) is 0 Å². The molecule has 1 aliphatic carbocycles. The zero-order chi connectivity index (χ0) is 12.4. The molecule has 1 N–H and O–H groups in total. The van der Waals surface area contributed by atoms with Crippen LogP contribution in [0.4, 0.5) is 0 Å². The third-order valence-electron chi connectivity index (χ3n) is 3.92. The van der Waals surface area contributed by atoms with Crippen molar-refractivity contribution in [2.75, 3.05) is 6.54 Å². The molecule has 96 valence electrons. The van der Waals surface area contributed by atoms with Crippen molar-refractivity contribution < 1.29 is 0 Å². The minimum atomic E-state index is 0.633. The van der Waals surface area contributed by atoms with Crippen LogP contribution < -0.4 is 5.32 Å². The maximum absolute atomic E-state index is 4.51. The molecular weight excluding hydrogens is 210 g/mol. The standard InChI is InChI=1S/C14H25N3/c1-5-15-13(8-12-6-7-12)9-14-10(2)16-17(4)11(14)3/h12-13,15H,5-9H2,1-4H3. The quantitative estimate of drug-likeness (QED) is 0.820. The molecule has 0 spiro atoms. The highest BCUT2D eigenvalue weighted by molar-refractivity contribution is 5.25. The highest BCUT2D eigenvalue weighted by Gasteiger charge is 2.26. The zero-order valence-electron chi connectivity index (χ0n) is 11.6. The lowest BCUT2D eigenvalue weighted by atomic mass is 9.99. The van der Waals surface area contributed by atoms with Crippen LogP contribution in [0.15, 0.2) is 0 Å². The van der Waals surface area contributed by atoms with Crippen molar-refractivity contribution in [3.05, 3.63) is 17.0 Å². The summed E-state index contributed by atoms with van der Waals surface area (Å²) in [6.07, 6.45) is 5.34. The van der Waals surface area contributed by atoms with Crippen molar-refractivity contribution in [1.29, 1.82) is 0 Å². The number of rotatable bonds is 6. The van der Waals surface area contributed by atoms with Gasteiger partial charge in [-0.1, -0.05) is 19.8 Å². The van der Waals surface area contributed by atoms with E-state index in [4.69, 9.17) is 0 Å². The monoisotopic (exact) mass is 235 g/mol. The van der Waals surface area contributed by atoms with Crippen molar-refractivity contribution in [1.82, 2.24) is 15.1 Å². The molecule has 1 aliphatic rings. The number of nitrogens with one attached hydrogen (secondary N) is 1. The first-order valence-electron chi connectivity index (χ1n) is 6.84. The van der Waals surface area contributed by atoms with Crippen molar-refractivity contribution in [2.24, 2.45) is 13.0 Å². The van der Waals surface area contributed by atoms with Crippen LogP contribution >= 0.6 is 0 Å². The minimum absolute atomic E-state index is 0.633. The Morgan fingerprint density at radius 2 is 2.12 bits per heavy atom. The molecule has 1 saturated carbocycles. The van der Waals surface area contributed by atoms with Gasteiger partial charge in [0.05, 0.1) is 5.69 Å². The van der Waals surface area contributed by atoms with E-state index in [0.717, 1.165) is 18.9 Å². The second kappa shape index (κ2) is 5.21. The normalized spacial score (nSPS) is 17.4. The molecule has 3 nitrogen and oxygen atoms in total. The Balaban J connectivity index is 2.04. The van der Waals surface area contributed by atoms with Crippen molar-refractivity contribution in [3.8, 4) is 0 Å². The Bertz CT molecular complexity index is 377. The molecule has 0 aromatic carbocycles. The van der Waals surface area contributed by atoms with E-state index in [0.29, 0.717) is 6.04 Å². The summed E-state index contributed by atoms with van der Waals surface area (Å²) in [5.74, 6) is 0.983. The summed E-state index contributed by atoms with van der Waals surface area (Å²) in [7, 11) is 2.04. The van der Waals surface area contributed by atoms with E-state index in [-0.39, 0.29) is 0 Å². The second-order valence-electron chi connectivity index (χ2n) is 5.41. The third kappa shape index (κ3) is 3.09. The fourth-order valence-corrected chi connectivity index (χ4v) is 2.64. The Labute approximate surface area is 105 Å². The lowest BCUT2D eigenvalue weighted by Crippen LogP contribution is -2.31. The molecule has 0 radical (unpaired) electrons. The summed E-state index contributed by atoms with van der Waals surface area (Å²) < 4.78 is 2.00. The van der Waals surface area contributed by atoms with E-state index in [1.54, 1.807) is 0 Å². The van der Waals surface area contributed by atoms with Crippen LogP contribution in [0.2, 0.25) is 0 Å². The topological polar surface area (TPSA) is 29.9 Å². The first-order valence-corrected chi connectivity index (χ1v) is 6.84. The van der Waals surface area contributed by atoms with Gasteiger partial charge in [0, 0.05) is 18.8 Å². The van der Waals surface area contributed by atoms with Gasteiger partial charge in [0.15, 0.2) is 0 Å². The Morgan fingerprint density at radius 1 is 1.41 bits per heavy atom. The zero-order valence-corrected chi connectivity index (χ0v) is 11.6. The van der Waals surface area contributed by atoms with Crippen molar-refractivity contribution in [2.45, 2.75) is 52.5 Å². The maximum atomic E-state index is 4.51. The van der Waals surface area contributed by atoms with Crippen LogP contribution in [0.25, 0.3) is 0 Å². The largest absolute Gasteiger partial charge is 0.314 e. The van der Waals surface area contributed by atoms with Gasteiger partial charge >= 0.3 is 0 Å². The van der Waals surface area contributed by atoms with E-state index < -0.39 is 0 Å². The molecule has 0 aliphatic heterocycles. The number of likely N-dealkylation sites (N-methyl/N-ethyl adjacent to an activating group) is 1. The molecule has 1 aromatic rings. The molecule has 1 atom stereocenters. The average Bonchev–Trinajstić information content (AvgIpc) is 3.04. The molecule has 17 heavy (non-hydrogen) atoms. The molecule has 3 heteroatoms. The summed E-state index contributed by atoms with van der Waals surface area (Å²) in [6.45, 7) is 7.57. The lowest BCUT2D eigenvalue weighted by Gasteiger charge is -2.17. The fraction of sp³-hybridized carbons (Fsp3) is 0.786. The van der Waals surface area contributed by atoms with Gasteiger partial charge in [-0.2, -0.15) is 5.10 Å². The van der Waals surface area contributed by atoms with E-state index in [2.05, 4.69) is 31.2 Å². The van der Waals surface area contributed by atoms with E-state index >= 15 is 0 Å². The van der Waals surface area contributed by atoms with Crippen molar-refractivity contribution >= 4 is 0 Å². The summed E-state index contributed by atoms with van der Waals surface area (Å²) in [4.78, 5) is 0. The van der Waals surface area contributed by atoms with E-state index in [1.165, 1.54) is 36.2 Å².